The molecule has 3 heteroatoms. The van der Waals surface area contributed by atoms with Crippen LogP contribution >= 0.6 is 0 Å². The van der Waals surface area contributed by atoms with E-state index in [0.29, 0.717) is 11.1 Å². The molecule has 1 unspecified atom stereocenters. The topological polar surface area (TPSA) is 53.4 Å². The third kappa shape index (κ3) is 2.10. The molecule has 0 spiro atoms. The van der Waals surface area contributed by atoms with Crippen LogP contribution in [0.25, 0.3) is 0 Å². The molecule has 0 aliphatic heterocycles. The average Bonchev–Trinajstić information content (AvgIpc) is 2.39. The van der Waals surface area contributed by atoms with Gasteiger partial charge >= 0.3 is 0 Å². The highest BCUT2D eigenvalue weighted by molar-refractivity contribution is 5.33. The van der Waals surface area contributed by atoms with E-state index in [1.165, 1.54) is 0 Å². The number of nitrogens with zero attached hydrogens (tertiary/aromatic N) is 1. The van der Waals surface area contributed by atoms with Crippen LogP contribution in [0.1, 0.15) is 22.8 Å². The molecule has 2 aromatic rings. The Morgan fingerprint density at radius 3 is 2.56 bits per heavy atom. The third-order valence-electron chi connectivity index (χ3n) is 2.52. The summed E-state index contributed by atoms with van der Waals surface area (Å²) in [6.45, 7) is -0.118. The van der Waals surface area contributed by atoms with E-state index in [0.717, 1.165) is 5.56 Å². The monoisotopic (exact) mass is 215 g/mol. The van der Waals surface area contributed by atoms with E-state index < -0.39 is 6.10 Å². The van der Waals surface area contributed by atoms with Gasteiger partial charge in [0.2, 0.25) is 0 Å². The van der Waals surface area contributed by atoms with Gasteiger partial charge in [-0.2, -0.15) is 0 Å². The summed E-state index contributed by atoms with van der Waals surface area (Å²) in [6, 6.07) is 11.1. The lowest BCUT2D eigenvalue weighted by molar-refractivity contribution is 0.212. The Bertz CT molecular complexity index is 456. The number of aliphatic hydroxyl groups excluding tert-OH is 2. The van der Waals surface area contributed by atoms with Crippen LogP contribution in [-0.4, -0.2) is 15.2 Å². The molecule has 0 radical (unpaired) electrons. The largest absolute Gasteiger partial charge is 0.392 e. The van der Waals surface area contributed by atoms with E-state index in [9.17, 15) is 5.11 Å². The summed E-state index contributed by atoms with van der Waals surface area (Å²) in [5.74, 6) is 0. The quantitative estimate of drug-likeness (QED) is 0.818. The summed E-state index contributed by atoms with van der Waals surface area (Å²) in [5.41, 5.74) is 2.16. The molecular weight excluding hydrogens is 202 g/mol. The van der Waals surface area contributed by atoms with Crippen molar-refractivity contribution in [3.05, 3.63) is 65.5 Å². The van der Waals surface area contributed by atoms with Crippen LogP contribution in [0.15, 0.2) is 48.8 Å². The van der Waals surface area contributed by atoms with Gasteiger partial charge in [0.15, 0.2) is 0 Å². The van der Waals surface area contributed by atoms with Gasteiger partial charge in [-0.25, -0.2) is 0 Å². The van der Waals surface area contributed by atoms with Gasteiger partial charge in [0.1, 0.15) is 6.10 Å². The number of benzene rings is 1. The lowest BCUT2D eigenvalue weighted by atomic mass is 9.99. The fraction of sp³-hybridized carbons (Fsp3) is 0.154. The predicted octanol–water partition coefficient (Wildman–Crippen LogP) is 1.66. The molecule has 1 aromatic carbocycles. The Kier molecular flexibility index (Phi) is 3.29. The van der Waals surface area contributed by atoms with Crippen molar-refractivity contribution in [1.29, 1.82) is 0 Å². The van der Waals surface area contributed by atoms with E-state index in [2.05, 4.69) is 4.98 Å². The van der Waals surface area contributed by atoms with Crippen molar-refractivity contribution in [2.45, 2.75) is 12.7 Å². The summed E-state index contributed by atoms with van der Waals surface area (Å²) in [4.78, 5) is 3.92. The maximum Gasteiger partial charge on any atom is 0.105 e. The molecule has 2 rings (SSSR count). The smallest absolute Gasteiger partial charge is 0.105 e. The van der Waals surface area contributed by atoms with Gasteiger partial charge in [0, 0.05) is 18.0 Å². The van der Waals surface area contributed by atoms with Crippen LogP contribution < -0.4 is 0 Å². The number of pyridine rings is 1. The lowest BCUT2D eigenvalue weighted by Gasteiger charge is -2.14. The Morgan fingerprint density at radius 2 is 1.88 bits per heavy atom. The van der Waals surface area contributed by atoms with E-state index in [-0.39, 0.29) is 6.61 Å². The predicted molar refractivity (Wildman–Crippen MR) is 60.7 cm³/mol. The van der Waals surface area contributed by atoms with Gasteiger partial charge in [-0.3, -0.25) is 4.98 Å². The van der Waals surface area contributed by atoms with Crippen molar-refractivity contribution in [1.82, 2.24) is 4.98 Å². The Morgan fingerprint density at radius 1 is 1.12 bits per heavy atom. The maximum atomic E-state index is 10.2. The zero-order valence-corrected chi connectivity index (χ0v) is 8.74. The van der Waals surface area contributed by atoms with E-state index in [1.54, 1.807) is 18.5 Å². The first kappa shape index (κ1) is 10.8. The standard InChI is InChI=1S/C13H13NO2/c15-9-11-8-14-7-6-12(11)13(16)10-4-2-1-3-5-10/h1-8,13,15-16H,9H2. The van der Waals surface area contributed by atoms with Gasteiger partial charge in [0.05, 0.1) is 6.61 Å². The first-order valence-electron chi connectivity index (χ1n) is 5.09. The van der Waals surface area contributed by atoms with Crippen LogP contribution in [0.5, 0.6) is 0 Å². The average molecular weight is 215 g/mol. The SMILES string of the molecule is OCc1cnccc1C(O)c1ccccc1. The second-order valence-corrected chi connectivity index (χ2v) is 3.55. The highest BCUT2D eigenvalue weighted by atomic mass is 16.3. The highest BCUT2D eigenvalue weighted by Crippen LogP contribution is 2.23. The molecule has 16 heavy (non-hydrogen) atoms. The van der Waals surface area contributed by atoms with Crippen LogP contribution in [-0.2, 0) is 6.61 Å². The van der Waals surface area contributed by atoms with Crippen LogP contribution in [0.4, 0.5) is 0 Å². The third-order valence-corrected chi connectivity index (χ3v) is 2.52. The minimum absolute atomic E-state index is 0.118. The summed E-state index contributed by atoms with van der Waals surface area (Å²) in [7, 11) is 0. The lowest BCUT2D eigenvalue weighted by Crippen LogP contribution is -2.04. The van der Waals surface area contributed by atoms with Crippen LogP contribution in [0.2, 0.25) is 0 Å². The fourth-order valence-electron chi connectivity index (χ4n) is 1.65. The van der Waals surface area contributed by atoms with Crippen molar-refractivity contribution in [2.24, 2.45) is 0 Å². The number of rotatable bonds is 3. The Hall–Kier alpha value is -1.71. The summed E-state index contributed by atoms with van der Waals surface area (Å²) in [6.07, 6.45) is 2.47. The van der Waals surface area contributed by atoms with Crippen LogP contribution in [0.3, 0.4) is 0 Å². The van der Waals surface area contributed by atoms with Crippen molar-refractivity contribution in [2.75, 3.05) is 0 Å². The first-order valence-corrected chi connectivity index (χ1v) is 5.09. The van der Waals surface area contributed by atoms with Gasteiger partial charge in [0.25, 0.3) is 0 Å². The highest BCUT2D eigenvalue weighted by Gasteiger charge is 2.13. The van der Waals surface area contributed by atoms with Gasteiger partial charge in [-0.1, -0.05) is 30.3 Å². The molecule has 2 N–H and O–H groups in total. The molecule has 3 nitrogen and oxygen atoms in total. The molecule has 1 aromatic heterocycles. The molecule has 1 heterocycles. The molecule has 0 amide bonds. The maximum absolute atomic E-state index is 10.2. The molecule has 0 aliphatic rings. The molecule has 0 bridgehead atoms. The number of aromatic nitrogens is 1. The zero-order valence-electron chi connectivity index (χ0n) is 8.74. The minimum atomic E-state index is -0.716. The van der Waals surface area contributed by atoms with E-state index in [1.807, 2.05) is 30.3 Å². The van der Waals surface area contributed by atoms with Gasteiger partial charge < -0.3 is 10.2 Å². The van der Waals surface area contributed by atoms with Gasteiger partial charge in [-0.05, 0) is 17.2 Å². The zero-order chi connectivity index (χ0) is 11.4. The normalized spacial score (nSPS) is 12.4. The Balaban J connectivity index is 2.37. The molecule has 0 saturated heterocycles. The second kappa shape index (κ2) is 4.88. The number of hydrogen-bond donors (Lipinski definition) is 2. The van der Waals surface area contributed by atoms with Gasteiger partial charge in [-0.15, -0.1) is 0 Å². The van der Waals surface area contributed by atoms with Crippen molar-refractivity contribution < 1.29 is 10.2 Å². The van der Waals surface area contributed by atoms with E-state index >= 15 is 0 Å². The minimum Gasteiger partial charge on any atom is -0.392 e. The fourth-order valence-corrected chi connectivity index (χ4v) is 1.65. The molecule has 0 aliphatic carbocycles. The molecule has 0 fully saturated rings. The molecule has 0 saturated carbocycles. The van der Waals surface area contributed by atoms with Crippen molar-refractivity contribution in [3.63, 3.8) is 0 Å². The van der Waals surface area contributed by atoms with Crippen molar-refractivity contribution in [3.8, 4) is 0 Å². The number of aliphatic hydroxyl groups is 2. The van der Waals surface area contributed by atoms with Crippen LogP contribution in [0, 0.1) is 0 Å². The number of hydrogen-bond acceptors (Lipinski definition) is 3. The molecular formula is C13H13NO2. The Labute approximate surface area is 94.0 Å². The summed E-state index contributed by atoms with van der Waals surface area (Å²) >= 11 is 0. The van der Waals surface area contributed by atoms with E-state index in [4.69, 9.17) is 5.11 Å². The summed E-state index contributed by atoms with van der Waals surface area (Å²) in [5, 5.41) is 19.3. The summed E-state index contributed by atoms with van der Waals surface area (Å²) < 4.78 is 0. The second-order valence-electron chi connectivity index (χ2n) is 3.55. The first-order chi connectivity index (χ1) is 7.83. The van der Waals surface area contributed by atoms with Crippen molar-refractivity contribution >= 4 is 0 Å². The molecule has 82 valence electrons. The molecule has 1 atom stereocenters.